The summed E-state index contributed by atoms with van der Waals surface area (Å²) >= 11 is 12.2. The summed E-state index contributed by atoms with van der Waals surface area (Å²) in [4.78, 5) is 13.9. The molecule has 0 aliphatic rings. The van der Waals surface area contributed by atoms with Gasteiger partial charge in [0, 0.05) is 35.5 Å². The van der Waals surface area contributed by atoms with Crippen molar-refractivity contribution in [1.82, 2.24) is 4.90 Å². The van der Waals surface area contributed by atoms with Crippen LogP contribution in [-0.2, 0) is 16.0 Å². The maximum Gasteiger partial charge on any atom is 0.452 e. The second-order valence-corrected chi connectivity index (χ2v) is 10.5. The molecule has 0 heterocycles. The number of ether oxygens (including phenoxy) is 2. The molecule has 0 radical (unpaired) electrons. The SMILES string of the molecule is CC(C)OC(Cc1ccc(OCCN(C)CC(c2ccc(Cl)cc2)c2ccc(Cl)cc2)cc1)C(=O)C(F)(F)F. The normalized spacial score (nSPS) is 12.8. The van der Waals surface area contributed by atoms with Crippen LogP contribution in [0.3, 0.4) is 0 Å². The topological polar surface area (TPSA) is 38.8 Å². The number of halogens is 5. The molecule has 39 heavy (non-hydrogen) atoms. The first-order valence-corrected chi connectivity index (χ1v) is 13.4. The Balaban J connectivity index is 1.57. The molecule has 3 rings (SSSR count). The average Bonchev–Trinajstić information content (AvgIpc) is 2.88. The van der Waals surface area contributed by atoms with E-state index in [-0.39, 0.29) is 12.3 Å². The lowest BCUT2D eigenvalue weighted by molar-refractivity contribution is -0.184. The third kappa shape index (κ3) is 9.84. The number of benzene rings is 3. The molecular formula is C30H32Cl2F3NO3. The fourth-order valence-electron chi connectivity index (χ4n) is 4.17. The quantitative estimate of drug-likeness (QED) is 0.208. The number of nitrogens with zero attached hydrogens (tertiary/aromatic N) is 1. The highest BCUT2D eigenvalue weighted by Crippen LogP contribution is 2.28. The van der Waals surface area contributed by atoms with E-state index in [1.165, 1.54) is 0 Å². The summed E-state index contributed by atoms with van der Waals surface area (Å²) in [6.07, 6.45) is -7.22. The number of ketones is 1. The highest BCUT2D eigenvalue weighted by molar-refractivity contribution is 6.30. The van der Waals surface area contributed by atoms with Gasteiger partial charge in [0.05, 0.1) is 6.10 Å². The molecule has 0 bridgehead atoms. The number of likely N-dealkylation sites (N-methyl/N-ethyl adjacent to an activating group) is 1. The van der Waals surface area contributed by atoms with Crippen molar-refractivity contribution in [3.63, 3.8) is 0 Å². The van der Waals surface area contributed by atoms with Gasteiger partial charge in [-0.3, -0.25) is 4.79 Å². The minimum atomic E-state index is -4.95. The minimum Gasteiger partial charge on any atom is -0.492 e. The van der Waals surface area contributed by atoms with Crippen LogP contribution in [-0.4, -0.2) is 55.8 Å². The maximum atomic E-state index is 13.0. The molecule has 3 aromatic carbocycles. The molecule has 0 aliphatic heterocycles. The number of carbonyl (C=O) groups excluding carboxylic acids is 1. The first-order chi connectivity index (χ1) is 18.4. The lowest BCUT2D eigenvalue weighted by Gasteiger charge is -2.25. The van der Waals surface area contributed by atoms with Crippen LogP contribution in [0.1, 0.15) is 36.5 Å². The van der Waals surface area contributed by atoms with Crippen LogP contribution in [0.4, 0.5) is 13.2 Å². The van der Waals surface area contributed by atoms with Crippen LogP contribution in [0.2, 0.25) is 10.0 Å². The predicted octanol–water partition coefficient (Wildman–Crippen LogP) is 7.60. The summed E-state index contributed by atoms with van der Waals surface area (Å²) in [5, 5.41) is 1.35. The van der Waals surface area contributed by atoms with E-state index in [2.05, 4.69) is 4.90 Å². The number of rotatable bonds is 13. The van der Waals surface area contributed by atoms with E-state index in [1.54, 1.807) is 38.1 Å². The van der Waals surface area contributed by atoms with Gasteiger partial charge in [-0.25, -0.2) is 0 Å². The summed E-state index contributed by atoms with van der Waals surface area (Å²) in [5.41, 5.74) is 2.82. The lowest BCUT2D eigenvalue weighted by Crippen LogP contribution is -2.39. The molecule has 1 atom stereocenters. The molecule has 9 heteroatoms. The van der Waals surface area contributed by atoms with E-state index in [0.29, 0.717) is 34.5 Å². The fourth-order valence-corrected chi connectivity index (χ4v) is 4.42. The number of Topliss-reactive ketones (excluding diaryl/α,β-unsaturated/α-hetero) is 1. The van der Waals surface area contributed by atoms with Gasteiger partial charge in [0.2, 0.25) is 0 Å². The zero-order valence-electron chi connectivity index (χ0n) is 22.1. The Hall–Kier alpha value is -2.58. The van der Waals surface area contributed by atoms with E-state index < -0.39 is 24.2 Å². The molecule has 4 nitrogen and oxygen atoms in total. The third-order valence-electron chi connectivity index (χ3n) is 6.13. The molecule has 0 saturated carbocycles. The van der Waals surface area contributed by atoms with Gasteiger partial charge in [0.15, 0.2) is 0 Å². The van der Waals surface area contributed by atoms with Crippen LogP contribution in [0, 0.1) is 0 Å². The summed E-state index contributed by atoms with van der Waals surface area (Å²) < 4.78 is 50.0. The molecule has 1 unspecified atom stereocenters. The highest BCUT2D eigenvalue weighted by atomic mass is 35.5. The molecule has 0 fully saturated rings. The number of alkyl halides is 3. The Bertz CT molecular complexity index is 1140. The Labute approximate surface area is 237 Å². The van der Waals surface area contributed by atoms with Crippen molar-refractivity contribution in [2.45, 2.75) is 44.6 Å². The molecule has 0 aliphatic carbocycles. The van der Waals surface area contributed by atoms with Gasteiger partial charge in [-0.15, -0.1) is 0 Å². The molecule has 0 spiro atoms. The summed E-state index contributed by atoms with van der Waals surface area (Å²) in [6.45, 7) is 4.98. The highest BCUT2D eigenvalue weighted by Gasteiger charge is 2.44. The van der Waals surface area contributed by atoms with Crippen LogP contribution < -0.4 is 4.74 Å². The van der Waals surface area contributed by atoms with Crippen LogP contribution >= 0.6 is 23.2 Å². The Morgan fingerprint density at radius 3 is 1.85 bits per heavy atom. The smallest absolute Gasteiger partial charge is 0.452 e. The molecular weight excluding hydrogens is 550 g/mol. The van der Waals surface area contributed by atoms with Gasteiger partial charge in [-0.05, 0) is 74.0 Å². The summed E-state index contributed by atoms with van der Waals surface area (Å²) in [7, 11) is 2.01. The summed E-state index contributed by atoms with van der Waals surface area (Å²) in [5.74, 6) is -1.19. The van der Waals surface area contributed by atoms with Gasteiger partial charge >= 0.3 is 6.18 Å². The summed E-state index contributed by atoms with van der Waals surface area (Å²) in [6, 6.07) is 22.3. The Kier molecular flexibility index (Phi) is 11.2. The molecule has 0 saturated heterocycles. The van der Waals surface area contributed by atoms with Crippen molar-refractivity contribution in [1.29, 1.82) is 0 Å². The van der Waals surface area contributed by atoms with Crippen molar-refractivity contribution < 1.29 is 27.4 Å². The largest absolute Gasteiger partial charge is 0.492 e. The van der Waals surface area contributed by atoms with Crippen LogP contribution in [0.15, 0.2) is 72.8 Å². The molecule has 0 N–H and O–H groups in total. The monoisotopic (exact) mass is 581 g/mol. The zero-order valence-corrected chi connectivity index (χ0v) is 23.6. The predicted molar refractivity (Wildman–Crippen MR) is 149 cm³/mol. The number of hydrogen-bond donors (Lipinski definition) is 0. The molecule has 3 aromatic rings. The zero-order chi connectivity index (χ0) is 28.6. The van der Waals surface area contributed by atoms with Gasteiger partial charge in [0.1, 0.15) is 18.5 Å². The van der Waals surface area contributed by atoms with E-state index >= 15 is 0 Å². The second kappa shape index (κ2) is 14.2. The third-order valence-corrected chi connectivity index (χ3v) is 6.64. The second-order valence-electron chi connectivity index (χ2n) is 9.65. The number of carbonyl (C=O) groups is 1. The van der Waals surface area contributed by atoms with Crippen molar-refractivity contribution in [3.05, 3.63) is 99.5 Å². The Morgan fingerprint density at radius 2 is 1.38 bits per heavy atom. The fraction of sp³-hybridized carbons (Fsp3) is 0.367. The molecule has 0 amide bonds. The van der Waals surface area contributed by atoms with Gasteiger partial charge < -0.3 is 14.4 Å². The van der Waals surface area contributed by atoms with E-state index in [0.717, 1.165) is 17.7 Å². The lowest BCUT2D eigenvalue weighted by atomic mass is 9.91. The van der Waals surface area contributed by atoms with Crippen molar-refractivity contribution in [2.24, 2.45) is 0 Å². The van der Waals surface area contributed by atoms with E-state index in [4.69, 9.17) is 32.7 Å². The molecule has 0 aromatic heterocycles. The van der Waals surface area contributed by atoms with Crippen molar-refractivity contribution in [2.75, 3.05) is 26.7 Å². The minimum absolute atomic E-state index is 0.101. The standard InChI is InChI=1S/C30H32Cl2F3NO3/c1-20(2)39-28(29(37)30(33,34)35)18-21-4-14-26(15-5-21)38-17-16-36(3)19-27(22-6-10-24(31)11-7-22)23-8-12-25(32)13-9-23/h4-15,20,27-28H,16-19H2,1-3H3. The van der Waals surface area contributed by atoms with Crippen LogP contribution in [0.25, 0.3) is 0 Å². The number of hydrogen-bond acceptors (Lipinski definition) is 4. The van der Waals surface area contributed by atoms with Gasteiger partial charge in [0.25, 0.3) is 5.78 Å². The van der Waals surface area contributed by atoms with Crippen molar-refractivity contribution in [3.8, 4) is 5.75 Å². The maximum absolute atomic E-state index is 13.0. The molecule has 210 valence electrons. The Morgan fingerprint density at radius 1 is 0.872 bits per heavy atom. The first-order valence-electron chi connectivity index (χ1n) is 12.6. The van der Waals surface area contributed by atoms with Gasteiger partial charge in [-0.2, -0.15) is 13.2 Å². The van der Waals surface area contributed by atoms with Crippen molar-refractivity contribution >= 4 is 29.0 Å². The van der Waals surface area contributed by atoms with Gasteiger partial charge in [-0.1, -0.05) is 59.6 Å². The van der Waals surface area contributed by atoms with Crippen LogP contribution in [0.5, 0.6) is 5.75 Å². The average molecular weight is 582 g/mol. The first kappa shape index (κ1) is 31.0. The van der Waals surface area contributed by atoms with E-state index in [9.17, 15) is 18.0 Å². The van der Waals surface area contributed by atoms with E-state index in [1.807, 2.05) is 55.6 Å².